The summed E-state index contributed by atoms with van der Waals surface area (Å²) in [5.41, 5.74) is 2.90. The maximum absolute atomic E-state index is 13.2. The van der Waals surface area contributed by atoms with Gasteiger partial charge in [-0.25, -0.2) is 9.50 Å². The predicted octanol–water partition coefficient (Wildman–Crippen LogP) is 3.07. The number of hydrogen-bond donors (Lipinski definition) is 0. The molecule has 0 radical (unpaired) electrons. The number of amides is 1. The molecule has 0 aliphatic carbocycles. The molecule has 8 heteroatoms. The first kappa shape index (κ1) is 16.6. The lowest BCUT2D eigenvalue weighted by atomic mass is 10.1. The fourth-order valence-corrected chi connectivity index (χ4v) is 3.70. The molecule has 1 atom stereocenters. The molecule has 5 rings (SSSR count). The van der Waals surface area contributed by atoms with Crippen molar-refractivity contribution in [2.45, 2.75) is 25.8 Å². The number of aryl methyl sites for hydroxylation is 1. The Labute approximate surface area is 160 Å². The van der Waals surface area contributed by atoms with Crippen molar-refractivity contribution in [1.82, 2.24) is 29.6 Å². The summed E-state index contributed by atoms with van der Waals surface area (Å²) in [6.07, 6.45) is 4.97. The number of aromatic nitrogens is 5. The molecule has 1 saturated heterocycles. The third-order valence-electron chi connectivity index (χ3n) is 5.16. The summed E-state index contributed by atoms with van der Waals surface area (Å²) >= 11 is 0. The number of carbonyl (C=O) groups is 1. The smallest absolute Gasteiger partial charge is 0.257 e. The largest absolute Gasteiger partial charge is 0.337 e. The Kier molecular flexibility index (Phi) is 3.89. The van der Waals surface area contributed by atoms with Crippen molar-refractivity contribution in [2.24, 2.45) is 0 Å². The molecule has 140 valence electrons. The van der Waals surface area contributed by atoms with E-state index in [1.54, 1.807) is 21.8 Å². The average molecular weight is 374 g/mol. The summed E-state index contributed by atoms with van der Waals surface area (Å²) in [6.45, 7) is 2.52. The Balaban J connectivity index is 1.46. The van der Waals surface area contributed by atoms with Crippen LogP contribution in [0.2, 0.25) is 0 Å². The lowest BCUT2D eigenvalue weighted by molar-refractivity contribution is 0.0708. The molecule has 8 nitrogen and oxygen atoms in total. The molecular formula is C20H18N6O2. The minimum atomic E-state index is -0.231. The highest BCUT2D eigenvalue weighted by Crippen LogP contribution is 2.33. The molecule has 0 spiro atoms. The molecule has 4 heterocycles. The van der Waals surface area contributed by atoms with Crippen LogP contribution in [0.25, 0.3) is 17.0 Å². The van der Waals surface area contributed by atoms with Crippen molar-refractivity contribution in [2.75, 3.05) is 6.54 Å². The molecular weight excluding hydrogens is 356 g/mol. The molecule has 1 amide bonds. The second kappa shape index (κ2) is 6.56. The highest BCUT2D eigenvalue weighted by Gasteiger charge is 2.35. The highest BCUT2D eigenvalue weighted by atomic mass is 16.5. The van der Waals surface area contributed by atoms with Gasteiger partial charge in [0.2, 0.25) is 11.7 Å². The Bertz CT molecular complexity index is 1150. The summed E-state index contributed by atoms with van der Waals surface area (Å²) in [7, 11) is 0. The first-order valence-corrected chi connectivity index (χ1v) is 9.22. The molecule has 1 unspecified atom stereocenters. The standard InChI is InChI=1S/C20H18N6O2/c1-13-15(12-21-17-9-10-22-26(13)17)20(27)25-11-5-8-16(25)19-23-18(24-28-19)14-6-3-2-4-7-14/h2-4,6-7,9-10,12,16H,5,8,11H2,1H3. The van der Waals surface area contributed by atoms with Crippen LogP contribution >= 0.6 is 0 Å². The summed E-state index contributed by atoms with van der Waals surface area (Å²) < 4.78 is 7.20. The molecule has 1 aliphatic rings. The number of nitrogens with zero attached hydrogens (tertiary/aromatic N) is 6. The molecule has 0 saturated carbocycles. The topological polar surface area (TPSA) is 89.4 Å². The van der Waals surface area contributed by atoms with Crippen LogP contribution in [0.5, 0.6) is 0 Å². The van der Waals surface area contributed by atoms with Gasteiger partial charge in [0.25, 0.3) is 5.91 Å². The van der Waals surface area contributed by atoms with Gasteiger partial charge in [0.05, 0.1) is 17.5 Å². The van der Waals surface area contributed by atoms with Crippen molar-refractivity contribution in [3.63, 3.8) is 0 Å². The Morgan fingerprint density at radius 1 is 1.21 bits per heavy atom. The average Bonchev–Trinajstić information content (AvgIpc) is 3.47. The summed E-state index contributed by atoms with van der Waals surface area (Å²) in [6, 6.07) is 11.2. The SMILES string of the molecule is Cc1c(C(=O)N2CCCC2c2nc(-c3ccccc3)no2)cnc2ccnn12. The second-order valence-corrected chi connectivity index (χ2v) is 6.84. The first-order chi connectivity index (χ1) is 13.7. The third-order valence-corrected chi connectivity index (χ3v) is 5.16. The van der Waals surface area contributed by atoms with Crippen molar-refractivity contribution in [3.05, 3.63) is 65.9 Å². The van der Waals surface area contributed by atoms with Gasteiger partial charge >= 0.3 is 0 Å². The van der Waals surface area contributed by atoms with Gasteiger partial charge < -0.3 is 9.42 Å². The molecule has 1 fully saturated rings. The van der Waals surface area contributed by atoms with E-state index in [9.17, 15) is 4.79 Å². The number of benzene rings is 1. The van der Waals surface area contributed by atoms with Gasteiger partial charge in [0.15, 0.2) is 5.65 Å². The van der Waals surface area contributed by atoms with E-state index >= 15 is 0 Å². The van der Waals surface area contributed by atoms with Gasteiger partial charge in [-0.15, -0.1) is 0 Å². The van der Waals surface area contributed by atoms with Crippen molar-refractivity contribution < 1.29 is 9.32 Å². The van der Waals surface area contributed by atoms with E-state index in [-0.39, 0.29) is 11.9 Å². The number of carbonyl (C=O) groups excluding carboxylic acids is 1. The van der Waals surface area contributed by atoms with Crippen LogP contribution < -0.4 is 0 Å². The molecule has 4 aromatic rings. The van der Waals surface area contributed by atoms with Gasteiger partial charge in [-0.1, -0.05) is 35.5 Å². The minimum Gasteiger partial charge on any atom is -0.337 e. The lowest BCUT2D eigenvalue weighted by Crippen LogP contribution is -2.31. The monoisotopic (exact) mass is 374 g/mol. The highest BCUT2D eigenvalue weighted by molar-refractivity contribution is 5.95. The fourth-order valence-electron chi connectivity index (χ4n) is 3.70. The zero-order chi connectivity index (χ0) is 19.1. The van der Waals surface area contributed by atoms with Crippen LogP contribution in [0.3, 0.4) is 0 Å². The van der Waals surface area contributed by atoms with Gasteiger partial charge in [-0.2, -0.15) is 10.1 Å². The summed E-state index contributed by atoms with van der Waals surface area (Å²) in [4.78, 5) is 23.9. The van der Waals surface area contributed by atoms with E-state index in [2.05, 4.69) is 20.2 Å². The van der Waals surface area contributed by atoms with Crippen molar-refractivity contribution in [3.8, 4) is 11.4 Å². The van der Waals surface area contributed by atoms with Gasteiger partial charge in [-0.3, -0.25) is 4.79 Å². The van der Waals surface area contributed by atoms with Crippen molar-refractivity contribution in [1.29, 1.82) is 0 Å². The van der Waals surface area contributed by atoms with E-state index in [1.807, 2.05) is 43.3 Å². The zero-order valence-electron chi connectivity index (χ0n) is 15.3. The predicted molar refractivity (Wildman–Crippen MR) is 100 cm³/mol. The Morgan fingerprint density at radius 3 is 2.93 bits per heavy atom. The van der Waals surface area contributed by atoms with E-state index in [4.69, 9.17) is 4.52 Å². The van der Waals surface area contributed by atoms with Gasteiger partial charge in [0.1, 0.15) is 6.04 Å². The van der Waals surface area contributed by atoms with Crippen LogP contribution in [-0.2, 0) is 0 Å². The normalized spacial score (nSPS) is 16.8. The fraction of sp³-hybridized carbons (Fsp3) is 0.250. The molecule has 1 aliphatic heterocycles. The van der Waals surface area contributed by atoms with E-state index in [1.165, 1.54) is 0 Å². The van der Waals surface area contributed by atoms with Crippen LogP contribution in [0.15, 0.2) is 53.3 Å². The van der Waals surface area contributed by atoms with Crippen LogP contribution in [0, 0.1) is 6.92 Å². The summed E-state index contributed by atoms with van der Waals surface area (Å²) in [5.74, 6) is 0.908. The molecule has 28 heavy (non-hydrogen) atoms. The number of fused-ring (bicyclic) bond motifs is 1. The van der Waals surface area contributed by atoms with Crippen LogP contribution in [0.1, 0.15) is 40.8 Å². The number of likely N-dealkylation sites (tertiary alicyclic amines) is 1. The number of rotatable bonds is 3. The molecule has 0 N–H and O–H groups in total. The van der Waals surface area contributed by atoms with E-state index < -0.39 is 0 Å². The Hall–Kier alpha value is -3.55. The zero-order valence-corrected chi connectivity index (χ0v) is 15.3. The maximum Gasteiger partial charge on any atom is 0.257 e. The molecule has 0 bridgehead atoms. The van der Waals surface area contributed by atoms with Crippen LogP contribution in [-0.4, -0.2) is 42.1 Å². The van der Waals surface area contributed by atoms with E-state index in [0.29, 0.717) is 23.8 Å². The minimum absolute atomic E-state index is 0.0932. The third kappa shape index (κ3) is 2.65. The first-order valence-electron chi connectivity index (χ1n) is 9.22. The molecule has 3 aromatic heterocycles. The maximum atomic E-state index is 13.2. The van der Waals surface area contributed by atoms with Crippen LogP contribution in [0.4, 0.5) is 0 Å². The summed E-state index contributed by atoms with van der Waals surface area (Å²) in [5, 5.41) is 8.34. The van der Waals surface area contributed by atoms with Gasteiger partial charge in [-0.05, 0) is 19.8 Å². The Morgan fingerprint density at radius 2 is 2.07 bits per heavy atom. The molecule has 1 aromatic carbocycles. The number of hydrogen-bond acceptors (Lipinski definition) is 6. The second-order valence-electron chi connectivity index (χ2n) is 6.84. The van der Waals surface area contributed by atoms with Crippen molar-refractivity contribution >= 4 is 11.6 Å². The van der Waals surface area contributed by atoms with E-state index in [0.717, 1.165) is 29.7 Å². The van der Waals surface area contributed by atoms with Gasteiger partial charge in [0, 0.05) is 24.4 Å². The quantitative estimate of drug-likeness (QED) is 0.547. The lowest BCUT2D eigenvalue weighted by Gasteiger charge is -2.22.